The van der Waals surface area contributed by atoms with E-state index in [4.69, 9.17) is 0 Å². The fourth-order valence-corrected chi connectivity index (χ4v) is 3.89. The maximum Gasteiger partial charge on any atom is 0.259 e. The lowest BCUT2D eigenvalue weighted by atomic mass is 9.80. The number of rotatable bonds is 2. The molecule has 2 heterocycles. The molecular formula is C17H20F3NO. The summed E-state index contributed by atoms with van der Waals surface area (Å²) < 4.78 is 41.5. The average Bonchev–Trinajstić information content (AvgIpc) is 2.88. The fourth-order valence-electron chi connectivity index (χ4n) is 3.89. The lowest BCUT2D eigenvalue weighted by Crippen LogP contribution is -2.44. The molecule has 120 valence electrons. The van der Waals surface area contributed by atoms with E-state index in [-0.39, 0.29) is 24.3 Å². The standard InChI is InChI=1S/C17H20F3NO/c1-10-6-11(8-12(18)7-10)14-5-4-13-9-16(2,17(3,19)20)15(22)21(13)14/h6-8,13-14H,4-5,9H2,1-3H3/t13-,14+,16-/m0/s1. The van der Waals surface area contributed by atoms with Crippen LogP contribution in [0.25, 0.3) is 0 Å². The van der Waals surface area contributed by atoms with Crippen LogP contribution in [0.1, 0.15) is 50.3 Å². The summed E-state index contributed by atoms with van der Waals surface area (Å²) in [6.45, 7) is 3.95. The molecule has 1 aromatic rings. The Morgan fingerprint density at radius 2 is 1.95 bits per heavy atom. The zero-order valence-electron chi connectivity index (χ0n) is 13.0. The second kappa shape index (κ2) is 4.74. The maximum absolute atomic E-state index is 13.9. The van der Waals surface area contributed by atoms with Crippen LogP contribution >= 0.6 is 0 Å². The van der Waals surface area contributed by atoms with E-state index in [1.165, 1.54) is 19.1 Å². The van der Waals surface area contributed by atoms with E-state index in [0.29, 0.717) is 18.4 Å². The molecule has 1 aromatic carbocycles. The molecule has 0 unspecified atom stereocenters. The van der Waals surface area contributed by atoms with Crippen molar-refractivity contribution < 1.29 is 18.0 Å². The van der Waals surface area contributed by atoms with Gasteiger partial charge in [0.2, 0.25) is 5.91 Å². The SMILES string of the molecule is Cc1cc(F)cc([C@H]2CC[C@H]3C[C@](C)(C(C)(F)F)C(=O)N32)c1. The molecule has 3 rings (SSSR count). The van der Waals surface area contributed by atoms with E-state index in [0.717, 1.165) is 12.5 Å². The number of carbonyl (C=O) groups excluding carboxylic acids is 1. The van der Waals surface area contributed by atoms with Crippen LogP contribution in [-0.2, 0) is 4.79 Å². The molecule has 5 heteroatoms. The van der Waals surface area contributed by atoms with Crippen LogP contribution in [0.2, 0.25) is 0 Å². The van der Waals surface area contributed by atoms with Crippen molar-refractivity contribution in [3.63, 3.8) is 0 Å². The van der Waals surface area contributed by atoms with Crippen molar-refractivity contribution in [2.75, 3.05) is 0 Å². The van der Waals surface area contributed by atoms with Crippen molar-refractivity contribution >= 4 is 5.91 Å². The third kappa shape index (κ3) is 2.13. The van der Waals surface area contributed by atoms with Gasteiger partial charge < -0.3 is 4.90 Å². The number of amides is 1. The topological polar surface area (TPSA) is 20.3 Å². The minimum Gasteiger partial charge on any atom is -0.332 e. The predicted octanol–water partition coefficient (Wildman–Crippen LogP) is 4.23. The lowest BCUT2D eigenvalue weighted by molar-refractivity contribution is -0.156. The number of benzene rings is 1. The van der Waals surface area contributed by atoms with Gasteiger partial charge in [0.1, 0.15) is 11.2 Å². The molecule has 22 heavy (non-hydrogen) atoms. The highest BCUT2D eigenvalue weighted by molar-refractivity contribution is 5.87. The van der Waals surface area contributed by atoms with Crippen molar-refractivity contribution in [1.29, 1.82) is 0 Å². The predicted molar refractivity (Wildman–Crippen MR) is 77.1 cm³/mol. The highest BCUT2D eigenvalue weighted by Crippen LogP contribution is 2.54. The molecule has 2 fully saturated rings. The normalized spacial score (nSPS) is 31.7. The zero-order chi connectivity index (χ0) is 16.3. The van der Waals surface area contributed by atoms with Crippen LogP contribution in [0.15, 0.2) is 18.2 Å². The third-order valence-corrected chi connectivity index (χ3v) is 5.27. The Hall–Kier alpha value is -1.52. The monoisotopic (exact) mass is 311 g/mol. The number of alkyl halides is 2. The van der Waals surface area contributed by atoms with Crippen LogP contribution < -0.4 is 0 Å². The van der Waals surface area contributed by atoms with E-state index >= 15 is 0 Å². The first-order valence-electron chi connectivity index (χ1n) is 7.61. The summed E-state index contributed by atoms with van der Waals surface area (Å²) in [5.74, 6) is -3.92. The Bertz CT molecular complexity index is 605. The smallest absolute Gasteiger partial charge is 0.259 e. The third-order valence-electron chi connectivity index (χ3n) is 5.27. The Morgan fingerprint density at radius 1 is 1.27 bits per heavy atom. The molecule has 0 aromatic heterocycles. The Labute approximate surface area is 128 Å². The number of carbonyl (C=O) groups is 1. The molecule has 0 spiro atoms. The number of nitrogens with zero attached hydrogens (tertiary/aromatic N) is 1. The number of hydrogen-bond donors (Lipinski definition) is 0. The number of fused-ring (bicyclic) bond motifs is 1. The zero-order valence-corrected chi connectivity index (χ0v) is 13.0. The van der Waals surface area contributed by atoms with E-state index in [2.05, 4.69) is 0 Å². The van der Waals surface area contributed by atoms with Gasteiger partial charge in [-0.15, -0.1) is 0 Å². The van der Waals surface area contributed by atoms with Crippen LogP contribution in [0.3, 0.4) is 0 Å². The van der Waals surface area contributed by atoms with Gasteiger partial charge in [-0.2, -0.15) is 0 Å². The van der Waals surface area contributed by atoms with Gasteiger partial charge >= 0.3 is 0 Å². The number of halogens is 3. The largest absolute Gasteiger partial charge is 0.332 e. The Morgan fingerprint density at radius 3 is 2.55 bits per heavy atom. The summed E-state index contributed by atoms with van der Waals surface area (Å²) >= 11 is 0. The van der Waals surface area contributed by atoms with Crippen molar-refractivity contribution in [3.8, 4) is 0 Å². The Kier molecular flexibility index (Phi) is 3.31. The van der Waals surface area contributed by atoms with E-state index < -0.39 is 17.2 Å². The van der Waals surface area contributed by atoms with Gasteiger partial charge in [-0.25, -0.2) is 13.2 Å². The molecule has 2 nitrogen and oxygen atoms in total. The summed E-state index contributed by atoms with van der Waals surface area (Å²) in [7, 11) is 0. The summed E-state index contributed by atoms with van der Waals surface area (Å²) in [6.07, 6.45) is 1.56. The van der Waals surface area contributed by atoms with Gasteiger partial charge in [-0.1, -0.05) is 6.07 Å². The van der Waals surface area contributed by atoms with Crippen molar-refractivity contribution in [1.82, 2.24) is 4.90 Å². The van der Waals surface area contributed by atoms with E-state index in [1.54, 1.807) is 11.8 Å². The van der Waals surface area contributed by atoms with Crippen LogP contribution in [-0.4, -0.2) is 22.8 Å². The van der Waals surface area contributed by atoms with Crippen molar-refractivity contribution in [2.45, 2.75) is 58.0 Å². The first-order chi connectivity index (χ1) is 10.1. The quantitative estimate of drug-likeness (QED) is 0.800. The van der Waals surface area contributed by atoms with Crippen LogP contribution in [0, 0.1) is 18.2 Å². The van der Waals surface area contributed by atoms with E-state index in [9.17, 15) is 18.0 Å². The van der Waals surface area contributed by atoms with Crippen molar-refractivity contribution in [2.24, 2.45) is 5.41 Å². The summed E-state index contributed by atoms with van der Waals surface area (Å²) in [6, 6.07) is 4.20. The highest BCUT2D eigenvalue weighted by atomic mass is 19.3. The molecule has 0 N–H and O–H groups in total. The van der Waals surface area contributed by atoms with Gasteiger partial charge in [0.15, 0.2) is 0 Å². The highest BCUT2D eigenvalue weighted by Gasteiger charge is 2.62. The molecule has 0 saturated carbocycles. The minimum absolute atomic E-state index is 0.167. The first-order valence-corrected chi connectivity index (χ1v) is 7.61. The average molecular weight is 311 g/mol. The fraction of sp³-hybridized carbons (Fsp3) is 0.588. The minimum atomic E-state index is -3.06. The molecule has 3 atom stereocenters. The number of aryl methyl sites for hydroxylation is 1. The summed E-state index contributed by atoms with van der Waals surface area (Å²) in [5, 5.41) is 0. The summed E-state index contributed by atoms with van der Waals surface area (Å²) in [4.78, 5) is 14.2. The molecule has 2 aliphatic rings. The Balaban J connectivity index is 1.97. The summed E-state index contributed by atoms with van der Waals surface area (Å²) in [5.41, 5.74) is -0.177. The second-order valence-corrected chi connectivity index (χ2v) is 6.95. The van der Waals surface area contributed by atoms with Gasteiger partial charge in [0.25, 0.3) is 5.92 Å². The van der Waals surface area contributed by atoms with Crippen LogP contribution in [0.4, 0.5) is 13.2 Å². The van der Waals surface area contributed by atoms with Gasteiger partial charge in [-0.05, 0) is 56.4 Å². The molecule has 0 radical (unpaired) electrons. The van der Waals surface area contributed by atoms with Crippen molar-refractivity contribution in [3.05, 3.63) is 35.1 Å². The molecular weight excluding hydrogens is 291 g/mol. The first kappa shape index (κ1) is 15.4. The van der Waals surface area contributed by atoms with Gasteiger partial charge in [-0.3, -0.25) is 4.79 Å². The number of hydrogen-bond acceptors (Lipinski definition) is 1. The second-order valence-electron chi connectivity index (χ2n) is 6.95. The van der Waals surface area contributed by atoms with Gasteiger partial charge in [0, 0.05) is 13.0 Å². The van der Waals surface area contributed by atoms with Gasteiger partial charge in [0.05, 0.1) is 6.04 Å². The molecule has 2 aliphatic heterocycles. The molecule has 2 saturated heterocycles. The van der Waals surface area contributed by atoms with Crippen LogP contribution in [0.5, 0.6) is 0 Å². The molecule has 1 amide bonds. The maximum atomic E-state index is 13.9. The van der Waals surface area contributed by atoms with E-state index in [1.807, 2.05) is 6.07 Å². The molecule has 0 aliphatic carbocycles. The molecule has 0 bridgehead atoms. The lowest BCUT2D eigenvalue weighted by Gasteiger charge is -2.31.